The Morgan fingerprint density at radius 2 is 1.60 bits per heavy atom. The van der Waals surface area contributed by atoms with E-state index in [9.17, 15) is 0 Å². The lowest BCUT2D eigenvalue weighted by Gasteiger charge is -2.10. The predicted molar refractivity (Wildman–Crippen MR) is 71.1 cm³/mol. The monoisotopic (exact) mass is 206 g/mol. The fourth-order valence-corrected chi connectivity index (χ4v) is 1.69. The minimum Gasteiger partial charge on any atom is -0.0844 e. The zero-order valence-electron chi connectivity index (χ0n) is 11.3. The predicted octanol–water partition coefficient (Wildman–Crippen LogP) is 5.43. The Morgan fingerprint density at radius 1 is 1.00 bits per heavy atom. The maximum Gasteiger partial charge on any atom is -0.0133 e. The van der Waals surface area contributed by atoms with Gasteiger partial charge in [-0.05, 0) is 52.5 Å². The van der Waals surface area contributed by atoms with E-state index in [2.05, 4.69) is 53.7 Å². The summed E-state index contributed by atoms with van der Waals surface area (Å²) in [6, 6.07) is 0. The van der Waals surface area contributed by atoms with E-state index in [1.807, 2.05) is 0 Å². The Labute approximate surface area is 95.8 Å². The average molecular weight is 206 g/mol. The molecule has 0 aromatic rings. The first-order chi connectivity index (χ1) is 7.06. The van der Waals surface area contributed by atoms with Gasteiger partial charge < -0.3 is 0 Å². The summed E-state index contributed by atoms with van der Waals surface area (Å²) < 4.78 is 0. The third kappa shape index (κ3) is 5.01. The van der Waals surface area contributed by atoms with Crippen molar-refractivity contribution >= 4 is 0 Å². The Hall–Kier alpha value is -0.780. The van der Waals surface area contributed by atoms with Crippen LogP contribution >= 0.6 is 0 Å². The van der Waals surface area contributed by atoms with Crippen molar-refractivity contribution in [1.29, 1.82) is 0 Å². The number of hydrogen-bond donors (Lipinski definition) is 0. The maximum absolute atomic E-state index is 2.36. The molecule has 0 aliphatic carbocycles. The van der Waals surface area contributed by atoms with Crippen molar-refractivity contribution < 1.29 is 0 Å². The molecule has 0 fully saturated rings. The Bertz CT molecular complexity index is 274. The van der Waals surface area contributed by atoms with Crippen LogP contribution in [0.1, 0.15) is 60.8 Å². The molecule has 15 heavy (non-hydrogen) atoms. The maximum atomic E-state index is 2.36. The Balaban J connectivity index is 4.75. The van der Waals surface area contributed by atoms with Crippen molar-refractivity contribution in [3.05, 3.63) is 34.4 Å². The van der Waals surface area contributed by atoms with Crippen molar-refractivity contribution in [1.82, 2.24) is 0 Å². The molecule has 0 radical (unpaired) electrons. The first kappa shape index (κ1) is 14.2. The largest absolute Gasteiger partial charge is 0.0844 e. The van der Waals surface area contributed by atoms with Crippen LogP contribution in [0.4, 0.5) is 0 Å². The molecule has 0 spiro atoms. The minimum atomic E-state index is 1.11. The van der Waals surface area contributed by atoms with Crippen LogP contribution in [0.2, 0.25) is 0 Å². The summed E-state index contributed by atoms with van der Waals surface area (Å²) in [6.07, 6.45) is 7.97. The summed E-state index contributed by atoms with van der Waals surface area (Å²) in [5, 5.41) is 0. The van der Waals surface area contributed by atoms with Crippen LogP contribution in [0.3, 0.4) is 0 Å². The van der Waals surface area contributed by atoms with E-state index in [1.165, 1.54) is 22.3 Å². The van der Waals surface area contributed by atoms with Crippen LogP contribution in [0.15, 0.2) is 34.4 Å². The molecule has 0 heteroatoms. The van der Waals surface area contributed by atoms with Gasteiger partial charge in [-0.2, -0.15) is 0 Å². The molecule has 0 aliphatic rings. The number of allylic oxidation sites excluding steroid dienone is 6. The molecule has 0 rings (SSSR count). The van der Waals surface area contributed by atoms with Gasteiger partial charge in [-0.15, -0.1) is 0 Å². The molecule has 0 amide bonds. The molecule has 0 atom stereocenters. The van der Waals surface area contributed by atoms with Crippen LogP contribution in [0.5, 0.6) is 0 Å². The van der Waals surface area contributed by atoms with Gasteiger partial charge in [0.15, 0.2) is 0 Å². The smallest absolute Gasteiger partial charge is 0.0133 e. The molecule has 0 aromatic carbocycles. The van der Waals surface area contributed by atoms with E-state index in [0.29, 0.717) is 0 Å². The van der Waals surface area contributed by atoms with Crippen molar-refractivity contribution in [2.24, 2.45) is 0 Å². The normalized spacial score (nSPS) is 15.3. The van der Waals surface area contributed by atoms with Crippen molar-refractivity contribution in [2.45, 2.75) is 60.8 Å². The topological polar surface area (TPSA) is 0 Å². The summed E-state index contributed by atoms with van der Waals surface area (Å²) >= 11 is 0. The molecule has 0 saturated carbocycles. The second-order valence-corrected chi connectivity index (χ2v) is 4.19. The molecular weight excluding hydrogens is 180 g/mol. The van der Waals surface area contributed by atoms with Crippen LogP contribution < -0.4 is 0 Å². The number of rotatable bonds is 5. The van der Waals surface area contributed by atoms with E-state index in [1.54, 1.807) is 0 Å². The highest BCUT2D eigenvalue weighted by Gasteiger charge is 2.01. The second-order valence-electron chi connectivity index (χ2n) is 4.19. The lowest BCUT2D eigenvalue weighted by molar-refractivity contribution is 1.01. The van der Waals surface area contributed by atoms with Gasteiger partial charge in [-0.3, -0.25) is 0 Å². The van der Waals surface area contributed by atoms with Gasteiger partial charge >= 0.3 is 0 Å². The highest BCUT2D eigenvalue weighted by molar-refractivity contribution is 5.33. The molecule has 0 aromatic heterocycles. The van der Waals surface area contributed by atoms with E-state index >= 15 is 0 Å². The molecule has 0 nitrogen and oxygen atoms in total. The zero-order chi connectivity index (χ0) is 11.8. The van der Waals surface area contributed by atoms with E-state index in [0.717, 1.165) is 19.3 Å². The zero-order valence-corrected chi connectivity index (χ0v) is 11.3. The van der Waals surface area contributed by atoms with Gasteiger partial charge in [0.2, 0.25) is 0 Å². The fourth-order valence-electron chi connectivity index (χ4n) is 1.69. The summed E-state index contributed by atoms with van der Waals surface area (Å²) in [6.45, 7) is 13.2. The van der Waals surface area contributed by atoms with Crippen LogP contribution in [0.25, 0.3) is 0 Å². The number of hydrogen-bond acceptors (Lipinski definition) is 0. The molecule has 0 bridgehead atoms. The van der Waals surface area contributed by atoms with E-state index in [4.69, 9.17) is 0 Å². The standard InChI is InChI=1S/C15H26/c1-7-12(4)10-11-14(6)15(9-3)13(5)8-2/h8,10H,7,9,11H2,1-6H3. The van der Waals surface area contributed by atoms with E-state index in [-0.39, 0.29) is 0 Å². The van der Waals surface area contributed by atoms with Gasteiger partial charge in [0.05, 0.1) is 0 Å². The van der Waals surface area contributed by atoms with Gasteiger partial charge in [-0.25, -0.2) is 0 Å². The first-order valence-electron chi connectivity index (χ1n) is 6.04. The van der Waals surface area contributed by atoms with Crippen LogP contribution in [-0.2, 0) is 0 Å². The highest BCUT2D eigenvalue weighted by atomic mass is 14.1. The molecule has 0 unspecified atom stereocenters. The SMILES string of the molecule is CC=C(C)C(CC)=C(C)CC=C(C)CC. The third-order valence-corrected chi connectivity index (χ3v) is 3.09. The Morgan fingerprint density at radius 3 is 2.00 bits per heavy atom. The van der Waals surface area contributed by atoms with Gasteiger partial charge in [0.25, 0.3) is 0 Å². The third-order valence-electron chi connectivity index (χ3n) is 3.09. The molecule has 86 valence electrons. The fraction of sp³-hybridized carbons (Fsp3) is 0.600. The summed E-state index contributed by atoms with van der Waals surface area (Å²) in [5.74, 6) is 0. The van der Waals surface area contributed by atoms with Gasteiger partial charge in [0, 0.05) is 0 Å². The average Bonchev–Trinajstić information content (AvgIpc) is 2.26. The van der Waals surface area contributed by atoms with Crippen molar-refractivity contribution in [3.8, 4) is 0 Å². The second kappa shape index (κ2) is 7.50. The van der Waals surface area contributed by atoms with E-state index < -0.39 is 0 Å². The van der Waals surface area contributed by atoms with Gasteiger partial charge in [0.1, 0.15) is 0 Å². The lowest BCUT2D eigenvalue weighted by atomic mass is 9.96. The van der Waals surface area contributed by atoms with Crippen LogP contribution in [-0.4, -0.2) is 0 Å². The Kier molecular flexibility index (Phi) is 7.11. The highest BCUT2D eigenvalue weighted by Crippen LogP contribution is 2.21. The molecule has 0 heterocycles. The summed E-state index contributed by atoms with van der Waals surface area (Å²) in [4.78, 5) is 0. The summed E-state index contributed by atoms with van der Waals surface area (Å²) in [5.41, 5.74) is 5.96. The quantitative estimate of drug-likeness (QED) is 0.416. The lowest BCUT2D eigenvalue weighted by Crippen LogP contribution is -1.89. The van der Waals surface area contributed by atoms with Crippen molar-refractivity contribution in [2.75, 3.05) is 0 Å². The molecule has 0 saturated heterocycles. The molecular formula is C15H26. The summed E-state index contributed by atoms with van der Waals surface area (Å²) in [7, 11) is 0. The van der Waals surface area contributed by atoms with Crippen molar-refractivity contribution in [3.63, 3.8) is 0 Å². The minimum absolute atomic E-state index is 1.11. The first-order valence-corrected chi connectivity index (χ1v) is 6.04. The van der Waals surface area contributed by atoms with Crippen LogP contribution in [0, 0.1) is 0 Å². The molecule has 0 aliphatic heterocycles. The van der Waals surface area contributed by atoms with Gasteiger partial charge in [-0.1, -0.05) is 42.7 Å². The molecule has 0 N–H and O–H groups in total.